The molecule has 0 heterocycles. The Hall–Kier alpha value is -1.40. The standard InChI is InChI=1S/C12H17NO4S/c1-2-17-12(14)10-13-18(15,16)9-8-11-6-4-3-5-7-11/h3-7,13H,2,8-10H2,1H3. The molecule has 0 saturated carbocycles. The molecule has 1 aromatic carbocycles. The normalized spacial score (nSPS) is 11.2. The second kappa shape index (κ2) is 7.13. The van der Waals surface area contributed by atoms with E-state index in [1.165, 1.54) is 0 Å². The minimum Gasteiger partial charge on any atom is -0.465 e. The van der Waals surface area contributed by atoms with Crippen molar-refractivity contribution in [1.82, 2.24) is 4.72 Å². The van der Waals surface area contributed by atoms with Crippen LogP contribution in [0, 0.1) is 0 Å². The third-order valence-corrected chi connectivity index (χ3v) is 3.57. The maximum Gasteiger partial charge on any atom is 0.320 e. The fourth-order valence-electron chi connectivity index (χ4n) is 1.35. The molecule has 0 aliphatic carbocycles. The number of benzene rings is 1. The highest BCUT2D eigenvalue weighted by Gasteiger charge is 2.12. The van der Waals surface area contributed by atoms with Crippen LogP contribution in [0.2, 0.25) is 0 Å². The number of hydrogen-bond acceptors (Lipinski definition) is 4. The van der Waals surface area contributed by atoms with Gasteiger partial charge in [-0.2, -0.15) is 0 Å². The molecule has 6 heteroatoms. The third-order valence-electron chi connectivity index (χ3n) is 2.24. The predicted molar refractivity (Wildman–Crippen MR) is 68.6 cm³/mol. The molecular weight excluding hydrogens is 254 g/mol. The van der Waals surface area contributed by atoms with Crippen LogP contribution in [0.4, 0.5) is 0 Å². The number of rotatable bonds is 7. The first-order valence-corrected chi connectivity index (χ1v) is 7.35. The largest absolute Gasteiger partial charge is 0.465 e. The Labute approximate surface area is 107 Å². The topological polar surface area (TPSA) is 72.5 Å². The van der Waals surface area contributed by atoms with Crippen molar-refractivity contribution in [1.29, 1.82) is 0 Å². The van der Waals surface area contributed by atoms with E-state index < -0.39 is 16.0 Å². The van der Waals surface area contributed by atoms with E-state index in [9.17, 15) is 13.2 Å². The molecule has 0 aliphatic rings. The first kappa shape index (κ1) is 14.7. The number of nitrogens with one attached hydrogen (secondary N) is 1. The molecule has 0 bridgehead atoms. The summed E-state index contributed by atoms with van der Waals surface area (Å²) in [6.07, 6.45) is 0.416. The Kier molecular flexibility index (Phi) is 5.80. The Bertz CT molecular complexity index is 470. The summed E-state index contributed by atoms with van der Waals surface area (Å²) in [5, 5.41) is 0. The summed E-state index contributed by atoms with van der Waals surface area (Å²) >= 11 is 0. The molecular formula is C12H17NO4S. The molecule has 0 amide bonds. The van der Waals surface area contributed by atoms with E-state index in [0.717, 1.165) is 5.56 Å². The molecule has 0 spiro atoms. The number of ether oxygens (including phenoxy) is 1. The van der Waals surface area contributed by atoms with E-state index in [-0.39, 0.29) is 18.9 Å². The van der Waals surface area contributed by atoms with E-state index in [1.807, 2.05) is 30.3 Å². The third kappa shape index (κ3) is 5.79. The molecule has 0 saturated heterocycles. The van der Waals surface area contributed by atoms with Gasteiger partial charge in [-0.25, -0.2) is 13.1 Å². The number of sulfonamides is 1. The molecule has 5 nitrogen and oxygen atoms in total. The lowest BCUT2D eigenvalue weighted by molar-refractivity contribution is -0.141. The van der Waals surface area contributed by atoms with E-state index in [4.69, 9.17) is 0 Å². The van der Waals surface area contributed by atoms with Gasteiger partial charge in [0.05, 0.1) is 12.4 Å². The molecule has 18 heavy (non-hydrogen) atoms. The summed E-state index contributed by atoms with van der Waals surface area (Å²) in [4.78, 5) is 11.0. The average Bonchev–Trinajstić information content (AvgIpc) is 2.36. The van der Waals surface area contributed by atoms with Crippen molar-refractivity contribution in [2.75, 3.05) is 18.9 Å². The maximum atomic E-state index is 11.6. The summed E-state index contributed by atoms with van der Waals surface area (Å²) < 4.78 is 30.0. The van der Waals surface area contributed by atoms with E-state index in [1.54, 1.807) is 6.92 Å². The van der Waals surface area contributed by atoms with Crippen LogP contribution in [-0.4, -0.2) is 33.3 Å². The number of carbonyl (C=O) groups is 1. The Morgan fingerprint density at radius 2 is 1.94 bits per heavy atom. The van der Waals surface area contributed by atoms with Crippen LogP contribution in [0.1, 0.15) is 12.5 Å². The summed E-state index contributed by atoms with van der Waals surface area (Å²) in [5.74, 6) is -0.614. The average molecular weight is 271 g/mol. The van der Waals surface area contributed by atoms with Gasteiger partial charge in [0.2, 0.25) is 10.0 Å². The molecule has 1 aromatic rings. The highest BCUT2D eigenvalue weighted by molar-refractivity contribution is 7.89. The molecule has 0 aromatic heterocycles. The Balaban J connectivity index is 2.38. The Morgan fingerprint density at radius 1 is 1.28 bits per heavy atom. The van der Waals surface area contributed by atoms with Crippen LogP contribution in [0.5, 0.6) is 0 Å². The maximum absolute atomic E-state index is 11.6. The van der Waals surface area contributed by atoms with Gasteiger partial charge >= 0.3 is 5.97 Å². The second-order valence-corrected chi connectivity index (χ2v) is 5.61. The summed E-state index contributed by atoms with van der Waals surface area (Å²) in [5.41, 5.74) is 0.944. The van der Waals surface area contributed by atoms with Crippen LogP contribution in [-0.2, 0) is 26.0 Å². The van der Waals surface area contributed by atoms with Gasteiger partial charge in [0, 0.05) is 0 Å². The van der Waals surface area contributed by atoms with Gasteiger partial charge in [-0.3, -0.25) is 4.79 Å². The summed E-state index contributed by atoms with van der Waals surface area (Å²) in [7, 11) is -3.44. The van der Waals surface area contributed by atoms with Gasteiger partial charge in [-0.15, -0.1) is 0 Å². The molecule has 0 atom stereocenters. The van der Waals surface area contributed by atoms with Crippen LogP contribution >= 0.6 is 0 Å². The number of carbonyl (C=O) groups excluding carboxylic acids is 1. The van der Waals surface area contributed by atoms with Gasteiger partial charge in [0.15, 0.2) is 0 Å². The van der Waals surface area contributed by atoms with Crippen LogP contribution in [0.15, 0.2) is 30.3 Å². The van der Waals surface area contributed by atoms with Gasteiger partial charge < -0.3 is 4.74 Å². The quantitative estimate of drug-likeness (QED) is 0.741. The summed E-state index contributed by atoms with van der Waals surface area (Å²) in [6.45, 7) is 1.59. The van der Waals surface area contributed by atoms with Gasteiger partial charge in [-0.1, -0.05) is 30.3 Å². The lowest BCUT2D eigenvalue weighted by Crippen LogP contribution is -2.33. The van der Waals surface area contributed by atoms with Crippen molar-refractivity contribution in [3.8, 4) is 0 Å². The smallest absolute Gasteiger partial charge is 0.320 e. The summed E-state index contributed by atoms with van der Waals surface area (Å²) in [6, 6.07) is 9.31. The molecule has 1 rings (SSSR count). The fraction of sp³-hybridized carbons (Fsp3) is 0.417. The highest BCUT2D eigenvalue weighted by atomic mass is 32.2. The first-order chi connectivity index (χ1) is 8.53. The van der Waals surface area contributed by atoms with Crippen molar-refractivity contribution in [2.45, 2.75) is 13.3 Å². The van der Waals surface area contributed by atoms with Crippen molar-refractivity contribution in [3.05, 3.63) is 35.9 Å². The van der Waals surface area contributed by atoms with E-state index >= 15 is 0 Å². The van der Waals surface area contributed by atoms with Crippen LogP contribution in [0.3, 0.4) is 0 Å². The van der Waals surface area contributed by atoms with Crippen LogP contribution in [0.25, 0.3) is 0 Å². The van der Waals surface area contributed by atoms with Gasteiger partial charge in [-0.05, 0) is 18.9 Å². The zero-order valence-electron chi connectivity index (χ0n) is 10.3. The second-order valence-electron chi connectivity index (χ2n) is 3.68. The zero-order valence-corrected chi connectivity index (χ0v) is 11.1. The Morgan fingerprint density at radius 3 is 2.56 bits per heavy atom. The monoisotopic (exact) mass is 271 g/mol. The molecule has 0 unspecified atom stereocenters. The SMILES string of the molecule is CCOC(=O)CNS(=O)(=O)CCc1ccccc1. The number of hydrogen-bond donors (Lipinski definition) is 1. The molecule has 1 N–H and O–H groups in total. The predicted octanol–water partition coefficient (Wildman–Crippen LogP) is 0.712. The van der Waals surface area contributed by atoms with Crippen molar-refractivity contribution >= 4 is 16.0 Å². The molecule has 0 radical (unpaired) electrons. The zero-order chi connectivity index (χ0) is 13.4. The lowest BCUT2D eigenvalue weighted by Gasteiger charge is -2.06. The molecule has 100 valence electrons. The first-order valence-electron chi connectivity index (χ1n) is 5.70. The van der Waals surface area contributed by atoms with Gasteiger partial charge in [0.25, 0.3) is 0 Å². The number of esters is 1. The van der Waals surface area contributed by atoms with E-state index in [2.05, 4.69) is 9.46 Å². The lowest BCUT2D eigenvalue weighted by atomic mass is 10.2. The van der Waals surface area contributed by atoms with Crippen molar-refractivity contribution < 1.29 is 17.9 Å². The molecule has 0 aliphatic heterocycles. The van der Waals surface area contributed by atoms with Crippen molar-refractivity contribution in [2.24, 2.45) is 0 Å². The number of aryl methyl sites for hydroxylation is 1. The molecule has 0 fully saturated rings. The van der Waals surface area contributed by atoms with Crippen molar-refractivity contribution in [3.63, 3.8) is 0 Å². The van der Waals surface area contributed by atoms with Gasteiger partial charge in [0.1, 0.15) is 6.54 Å². The highest BCUT2D eigenvalue weighted by Crippen LogP contribution is 2.01. The minimum absolute atomic E-state index is 0.0452. The minimum atomic E-state index is -3.44. The fourth-order valence-corrected chi connectivity index (χ4v) is 2.34. The van der Waals surface area contributed by atoms with E-state index in [0.29, 0.717) is 6.42 Å². The van der Waals surface area contributed by atoms with Crippen LogP contribution < -0.4 is 4.72 Å².